The number of pyridine rings is 1. The molecule has 1 aromatic heterocycles. The van der Waals surface area contributed by atoms with E-state index in [4.69, 9.17) is 37.4 Å². The van der Waals surface area contributed by atoms with Gasteiger partial charge in [-0.2, -0.15) is 13.1 Å². The second-order valence-electron chi connectivity index (χ2n) is 10.0. The molecule has 1 aliphatic carbocycles. The lowest BCUT2D eigenvalue weighted by atomic mass is 10.0. The van der Waals surface area contributed by atoms with E-state index in [1.54, 1.807) is 18.2 Å². The predicted molar refractivity (Wildman–Crippen MR) is 158 cm³/mol. The summed E-state index contributed by atoms with van der Waals surface area (Å²) in [6.45, 7) is -2.95. The smallest absolute Gasteiger partial charge is 0.387 e. The molecule has 0 radical (unpaired) electrons. The molecule has 2 fully saturated rings. The van der Waals surface area contributed by atoms with E-state index in [0.29, 0.717) is 16.9 Å². The summed E-state index contributed by atoms with van der Waals surface area (Å²) in [5, 5.41) is -0.562. The Hall–Kier alpha value is -2.64. The maximum absolute atomic E-state index is 13.7. The molecule has 2 aliphatic rings. The van der Waals surface area contributed by atoms with Gasteiger partial charge in [0.2, 0.25) is 10.0 Å². The fraction of sp³-hybridized carbons (Fsp3) is 0.379. The number of benzene rings is 2. The summed E-state index contributed by atoms with van der Waals surface area (Å²) in [5.41, 5.74) is 0.877. The Balaban J connectivity index is 1.48. The van der Waals surface area contributed by atoms with E-state index in [1.165, 1.54) is 42.7 Å². The molecule has 2 aromatic carbocycles. The summed E-state index contributed by atoms with van der Waals surface area (Å²) >= 11 is 14.0. The third-order valence-electron chi connectivity index (χ3n) is 7.20. The van der Waals surface area contributed by atoms with Crippen LogP contribution in [0.15, 0.2) is 65.8 Å². The monoisotopic (exact) mass is 673 g/mol. The molecule has 1 N–H and O–H groups in total. The highest BCUT2D eigenvalue weighted by Gasteiger charge is 2.42. The first-order valence-corrected chi connectivity index (χ1v) is 16.9. The van der Waals surface area contributed by atoms with Crippen LogP contribution >= 0.6 is 35.0 Å². The number of aromatic nitrogens is 1. The van der Waals surface area contributed by atoms with Crippen LogP contribution in [0.25, 0.3) is 0 Å². The molecule has 14 heteroatoms. The van der Waals surface area contributed by atoms with Gasteiger partial charge < -0.3 is 14.2 Å². The Morgan fingerprint density at radius 3 is 2.42 bits per heavy atom. The number of carbonyl (C=O) groups excluding carboxylic acids is 1. The average Bonchev–Trinajstić information content (AvgIpc) is 3.69. The minimum atomic E-state index is -3.99. The summed E-state index contributed by atoms with van der Waals surface area (Å²) in [4.78, 5) is 16.6. The Morgan fingerprint density at radius 2 is 1.74 bits per heavy atom. The topological polar surface area (TPSA) is 96.3 Å². The van der Waals surface area contributed by atoms with E-state index in [0.717, 1.165) is 41.8 Å². The molecule has 3 aromatic rings. The third-order valence-corrected chi connectivity index (χ3v) is 11.1. The number of alkyl halides is 2. The van der Waals surface area contributed by atoms with E-state index in [1.807, 2.05) is 0 Å². The maximum atomic E-state index is 13.7. The molecule has 43 heavy (non-hydrogen) atoms. The highest BCUT2D eigenvalue weighted by Crippen LogP contribution is 2.39. The average molecular weight is 675 g/mol. The summed E-state index contributed by atoms with van der Waals surface area (Å²) < 4.78 is 71.1. The van der Waals surface area contributed by atoms with Crippen LogP contribution < -0.4 is 14.5 Å². The second-order valence-corrected chi connectivity index (χ2v) is 13.9. The number of carbonyl (C=O) groups is 1. The van der Waals surface area contributed by atoms with Crippen molar-refractivity contribution in [2.75, 3.05) is 12.3 Å². The lowest BCUT2D eigenvalue weighted by molar-refractivity contribution is -0.377. The van der Waals surface area contributed by atoms with E-state index in [9.17, 15) is 22.0 Å². The van der Waals surface area contributed by atoms with Gasteiger partial charge in [-0.15, -0.1) is 11.8 Å². The molecule has 0 unspecified atom stereocenters. The predicted octanol–water partition coefficient (Wildman–Crippen LogP) is 6.32. The summed E-state index contributed by atoms with van der Waals surface area (Å²) in [6.07, 6.45) is 5.32. The van der Waals surface area contributed by atoms with Crippen molar-refractivity contribution in [3.05, 3.63) is 82.1 Å². The van der Waals surface area contributed by atoms with Crippen LogP contribution in [0.1, 0.15) is 42.9 Å². The first-order chi connectivity index (χ1) is 20.6. The number of ether oxygens (including phenoxy) is 3. The van der Waals surface area contributed by atoms with Crippen LogP contribution in [0, 0.1) is 0 Å². The van der Waals surface area contributed by atoms with Crippen LogP contribution in [-0.4, -0.2) is 49.1 Å². The number of aromatic amines is 1. The lowest BCUT2D eigenvalue weighted by Crippen LogP contribution is -2.40. The zero-order chi connectivity index (χ0) is 30.6. The Morgan fingerprint density at radius 1 is 1.05 bits per heavy atom. The van der Waals surface area contributed by atoms with E-state index in [2.05, 4.69) is 4.98 Å². The lowest BCUT2D eigenvalue weighted by Gasteiger charge is -2.26. The van der Waals surface area contributed by atoms with Crippen molar-refractivity contribution in [3.63, 3.8) is 0 Å². The van der Waals surface area contributed by atoms with Gasteiger partial charge in [0.25, 0.3) is 0 Å². The van der Waals surface area contributed by atoms with Gasteiger partial charge in [-0.1, -0.05) is 47.5 Å². The molecule has 230 valence electrons. The first kappa shape index (κ1) is 31.8. The number of sulfonamides is 1. The van der Waals surface area contributed by atoms with Gasteiger partial charge in [0, 0.05) is 24.3 Å². The maximum Gasteiger partial charge on any atom is 0.387 e. The summed E-state index contributed by atoms with van der Waals surface area (Å²) in [5.74, 6) is -0.449. The van der Waals surface area contributed by atoms with E-state index in [-0.39, 0.29) is 45.5 Å². The molecule has 8 nitrogen and oxygen atoms in total. The normalized spacial score (nSPS) is 18.6. The standard InChI is InChI=1S/C29H28Cl2F2N2O6S2/c30-22-16-34-17-23(31)21(22)15-25(18-10-11-24(41-29(32)33)26(14-18)39-19-6-4-5-7-19)40-28(36)27-35(12-13-42-27)43(37,38)20-8-2-1-3-9-20/h1-3,8-11,14,16-17,19,25,27,29H,4-7,12-13,15H2/p+1/t25-,27-/m0/s1. The van der Waals surface area contributed by atoms with Gasteiger partial charge in [-0.25, -0.2) is 18.2 Å². The molecular weight excluding hydrogens is 645 g/mol. The molecule has 1 saturated carbocycles. The number of halogens is 4. The Bertz CT molecular complexity index is 1520. The number of nitrogens with zero attached hydrogens (tertiary/aromatic N) is 1. The van der Waals surface area contributed by atoms with Crippen molar-refractivity contribution in [1.82, 2.24) is 4.31 Å². The Labute approximate surface area is 262 Å². The highest BCUT2D eigenvalue weighted by atomic mass is 35.5. The Kier molecular flexibility index (Phi) is 10.3. The number of thioether (sulfide) groups is 1. The zero-order valence-corrected chi connectivity index (χ0v) is 25.9. The SMILES string of the molecule is O=C(O[C@@H](Cc1c(Cl)c[nH+]cc1Cl)c1ccc(OC(F)F)c(OC2CCCC2)c1)[C@@H]1SCCN1S(=O)(=O)c1ccccc1. The van der Waals surface area contributed by atoms with Crippen molar-refractivity contribution >= 4 is 51.0 Å². The van der Waals surface area contributed by atoms with E-state index >= 15 is 0 Å². The van der Waals surface area contributed by atoms with Crippen molar-refractivity contribution in [2.24, 2.45) is 0 Å². The number of hydrogen-bond donors (Lipinski definition) is 0. The number of nitrogens with one attached hydrogen (secondary N) is 1. The van der Waals surface area contributed by atoms with Crippen LogP contribution in [0.2, 0.25) is 10.0 Å². The molecular formula is C29H29Cl2F2N2O6S2+. The number of hydrogen-bond acceptors (Lipinski definition) is 7. The second kappa shape index (κ2) is 14.0. The fourth-order valence-corrected chi connectivity index (χ4v) is 8.69. The fourth-order valence-electron chi connectivity index (χ4n) is 5.09. The summed E-state index contributed by atoms with van der Waals surface area (Å²) in [7, 11) is -3.99. The molecule has 0 spiro atoms. The molecule has 1 aliphatic heterocycles. The number of H-pyrrole nitrogens is 1. The van der Waals surface area contributed by atoms with Crippen molar-refractivity contribution in [3.8, 4) is 11.5 Å². The molecule has 2 heterocycles. The zero-order valence-electron chi connectivity index (χ0n) is 22.8. The van der Waals surface area contributed by atoms with Crippen LogP contribution in [0.5, 0.6) is 11.5 Å². The van der Waals surface area contributed by atoms with Gasteiger partial charge in [-0.3, -0.25) is 0 Å². The molecule has 0 amide bonds. The van der Waals surface area contributed by atoms with E-state index < -0.39 is 34.1 Å². The van der Waals surface area contributed by atoms with Crippen molar-refractivity contribution in [1.29, 1.82) is 0 Å². The highest BCUT2D eigenvalue weighted by molar-refractivity contribution is 8.02. The third kappa shape index (κ3) is 7.54. The quantitative estimate of drug-likeness (QED) is 0.220. The van der Waals surface area contributed by atoms with Crippen molar-refractivity contribution < 1.29 is 41.2 Å². The largest absolute Gasteiger partial charge is 0.487 e. The molecule has 5 rings (SSSR count). The van der Waals surface area contributed by atoms with Gasteiger partial charge >= 0.3 is 12.6 Å². The van der Waals surface area contributed by atoms with Crippen molar-refractivity contribution in [2.45, 2.75) is 61.2 Å². The van der Waals surface area contributed by atoms with Gasteiger partial charge in [-0.05, 0) is 55.5 Å². The van der Waals surface area contributed by atoms with Gasteiger partial charge in [0.15, 0.2) is 29.3 Å². The van der Waals surface area contributed by atoms with Gasteiger partial charge in [0.05, 0.1) is 11.0 Å². The van der Waals surface area contributed by atoms with Crippen LogP contribution in [0.4, 0.5) is 8.78 Å². The summed E-state index contributed by atoms with van der Waals surface area (Å²) in [6, 6.07) is 12.2. The van der Waals surface area contributed by atoms with Crippen LogP contribution in [-0.2, 0) is 26.0 Å². The molecule has 2 atom stereocenters. The van der Waals surface area contributed by atoms with Crippen LogP contribution in [0.3, 0.4) is 0 Å². The van der Waals surface area contributed by atoms with Gasteiger partial charge in [0.1, 0.15) is 16.1 Å². The molecule has 1 saturated heterocycles. The molecule has 0 bridgehead atoms. The first-order valence-electron chi connectivity index (χ1n) is 13.6. The number of esters is 1. The number of rotatable bonds is 11. The minimum Gasteiger partial charge on any atom is -0.487 e. The minimum absolute atomic E-state index is 0.0127.